The van der Waals surface area contributed by atoms with Crippen LogP contribution in [0.2, 0.25) is 0 Å². The molecule has 1 N–H and O–H groups in total. The van der Waals surface area contributed by atoms with Gasteiger partial charge in [-0.3, -0.25) is 9.59 Å². The van der Waals surface area contributed by atoms with Crippen LogP contribution in [-0.4, -0.2) is 42.5 Å². The number of carbonyl (C=O) groups is 2. The summed E-state index contributed by atoms with van der Waals surface area (Å²) in [5.41, 5.74) is 0.0277. The van der Waals surface area contributed by atoms with E-state index in [9.17, 15) is 14.0 Å². The summed E-state index contributed by atoms with van der Waals surface area (Å²) in [6, 6.07) is 6.39. The Hall–Kier alpha value is -1.95. The molecule has 0 spiro atoms. The van der Waals surface area contributed by atoms with Crippen LogP contribution in [0.3, 0.4) is 0 Å². The zero-order chi connectivity index (χ0) is 17.7. The van der Waals surface area contributed by atoms with Crippen molar-refractivity contribution in [3.63, 3.8) is 0 Å². The Kier molecular flexibility index (Phi) is 5.94. The van der Waals surface area contributed by atoms with Crippen LogP contribution in [0.25, 0.3) is 0 Å². The molecule has 0 aromatic heterocycles. The number of likely N-dealkylation sites (tertiary alicyclic amines) is 1. The minimum Gasteiger partial charge on any atom is -0.377 e. The Morgan fingerprint density at radius 3 is 2.79 bits per heavy atom. The van der Waals surface area contributed by atoms with Crippen molar-refractivity contribution < 1.29 is 18.7 Å². The minimum atomic E-state index is -0.437. The number of carbonyl (C=O) groups excluding carboxylic acids is 2. The number of piperidine rings is 1. The van der Waals surface area contributed by atoms with Gasteiger partial charge in [0.15, 0.2) is 0 Å². The van der Waals surface area contributed by atoms with Gasteiger partial charge in [0.1, 0.15) is 5.82 Å². The lowest BCUT2D eigenvalue weighted by Crippen LogP contribution is -2.48. The zero-order valence-corrected chi connectivity index (χ0v) is 14.5. The molecule has 2 amide bonds. The number of ether oxygens (including phenoxy) is 1. The van der Waals surface area contributed by atoms with Gasteiger partial charge < -0.3 is 15.0 Å². The van der Waals surface area contributed by atoms with E-state index >= 15 is 0 Å². The fourth-order valence-electron chi connectivity index (χ4n) is 2.63. The quantitative estimate of drug-likeness (QED) is 0.865. The standard InChI is InChI=1S/C18H25FN2O3/c1-18(2,24-3)12-20-17(23)14-8-9-16(22)21(11-14)10-13-6-4-5-7-15(13)19/h4-7,14H,8-12H2,1-3H3,(H,20,23)/t14-/m1/s1. The highest BCUT2D eigenvalue weighted by Crippen LogP contribution is 2.21. The molecule has 0 radical (unpaired) electrons. The van der Waals surface area contributed by atoms with Crippen LogP contribution < -0.4 is 5.32 Å². The van der Waals surface area contributed by atoms with E-state index in [0.29, 0.717) is 31.5 Å². The number of halogens is 1. The maximum absolute atomic E-state index is 13.8. The van der Waals surface area contributed by atoms with Crippen molar-refractivity contribution in [2.24, 2.45) is 5.92 Å². The molecule has 5 nitrogen and oxygen atoms in total. The summed E-state index contributed by atoms with van der Waals surface area (Å²) in [5.74, 6) is -0.744. The summed E-state index contributed by atoms with van der Waals surface area (Å²) >= 11 is 0. The molecule has 24 heavy (non-hydrogen) atoms. The first-order valence-electron chi connectivity index (χ1n) is 8.16. The molecule has 0 aliphatic carbocycles. The molecule has 6 heteroatoms. The molecule has 2 rings (SSSR count). The second-order valence-electron chi connectivity index (χ2n) is 6.78. The van der Waals surface area contributed by atoms with E-state index in [4.69, 9.17) is 4.74 Å². The first kappa shape index (κ1) is 18.4. The lowest BCUT2D eigenvalue weighted by atomic mass is 9.95. The van der Waals surface area contributed by atoms with Crippen molar-refractivity contribution in [3.8, 4) is 0 Å². The van der Waals surface area contributed by atoms with Gasteiger partial charge in [-0.1, -0.05) is 18.2 Å². The number of nitrogens with zero attached hydrogens (tertiary/aromatic N) is 1. The second-order valence-corrected chi connectivity index (χ2v) is 6.78. The number of benzene rings is 1. The van der Waals surface area contributed by atoms with Crippen molar-refractivity contribution in [2.75, 3.05) is 20.2 Å². The summed E-state index contributed by atoms with van der Waals surface area (Å²) in [5, 5.41) is 2.88. The smallest absolute Gasteiger partial charge is 0.225 e. The summed E-state index contributed by atoms with van der Waals surface area (Å²) in [6.45, 7) is 4.69. The Labute approximate surface area is 142 Å². The van der Waals surface area contributed by atoms with E-state index in [2.05, 4.69) is 5.32 Å². The molecule has 0 bridgehead atoms. The molecule has 1 heterocycles. The Morgan fingerprint density at radius 1 is 1.42 bits per heavy atom. The first-order chi connectivity index (χ1) is 11.3. The molecule has 132 valence electrons. The molecule has 1 fully saturated rings. The zero-order valence-electron chi connectivity index (χ0n) is 14.5. The first-order valence-corrected chi connectivity index (χ1v) is 8.16. The van der Waals surface area contributed by atoms with Crippen molar-refractivity contribution in [3.05, 3.63) is 35.6 Å². The third-order valence-electron chi connectivity index (χ3n) is 4.43. The SMILES string of the molecule is COC(C)(C)CNC(=O)[C@@H]1CCC(=O)N(Cc2ccccc2F)C1. The van der Waals surface area contributed by atoms with Gasteiger partial charge in [-0.2, -0.15) is 0 Å². The van der Waals surface area contributed by atoms with E-state index in [-0.39, 0.29) is 30.1 Å². The van der Waals surface area contributed by atoms with Crippen LogP contribution in [0.15, 0.2) is 24.3 Å². The van der Waals surface area contributed by atoms with Gasteiger partial charge in [0.25, 0.3) is 0 Å². The maximum Gasteiger partial charge on any atom is 0.225 e. The highest BCUT2D eigenvalue weighted by molar-refractivity contribution is 5.83. The monoisotopic (exact) mass is 336 g/mol. The topological polar surface area (TPSA) is 58.6 Å². The van der Waals surface area contributed by atoms with Gasteiger partial charge in [-0.15, -0.1) is 0 Å². The van der Waals surface area contributed by atoms with Gasteiger partial charge in [0.05, 0.1) is 11.5 Å². The Bertz CT molecular complexity index is 604. The summed E-state index contributed by atoms with van der Waals surface area (Å²) in [6.07, 6.45) is 0.825. The molecule has 1 aromatic rings. The second kappa shape index (κ2) is 7.75. The number of hydrogen-bond acceptors (Lipinski definition) is 3. The normalized spacial score (nSPS) is 18.6. The van der Waals surface area contributed by atoms with E-state index in [1.54, 1.807) is 30.2 Å². The largest absolute Gasteiger partial charge is 0.377 e. The highest BCUT2D eigenvalue weighted by atomic mass is 19.1. The number of hydrogen-bond donors (Lipinski definition) is 1. The molecule has 0 saturated carbocycles. The molecular weight excluding hydrogens is 311 g/mol. The van der Waals surface area contributed by atoms with Crippen molar-refractivity contribution >= 4 is 11.8 Å². The summed E-state index contributed by atoms with van der Waals surface area (Å²) < 4.78 is 19.1. The predicted molar refractivity (Wildman–Crippen MR) is 88.6 cm³/mol. The van der Waals surface area contributed by atoms with E-state index < -0.39 is 5.60 Å². The number of rotatable bonds is 6. The molecular formula is C18H25FN2O3. The third kappa shape index (κ3) is 4.77. The van der Waals surface area contributed by atoms with Gasteiger partial charge >= 0.3 is 0 Å². The van der Waals surface area contributed by atoms with Crippen molar-refractivity contribution in [1.29, 1.82) is 0 Å². The van der Waals surface area contributed by atoms with E-state index in [1.807, 2.05) is 13.8 Å². The molecule has 1 saturated heterocycles. The van der Waals surface area contributed by atoms with Gasteiger partial charge in [0, 0.05) is 38.7 Å². The van der Waals surface area contributed by atoms with Crippen LogP contribution in [0, 0.1) is 11.7 Å². The fraction of sp³-hybridized carbons (Fsp3) is 0.556. The van der Waals surface area contributed by atoms with E-state index in [1.165, 1.54) is 6.07 Å². The van der Waals surface area contributed by atoms with Gasteiger partial charge in [-0.25, -0.2) is 4.39 Å². The van der Waals surface area contributed by atoms with Crippen LogP contribution >= 0.6 is 0 Å². The number of amides is 2. The minimum absolute atomic E-state index is 0.0421. The Morgan fingerprint density at radius 2 is 2.12 bits per heavy atom. The molecule has 1 atom stereocenters. The van der Waals surface area contributed by atoms with Crippen molar-refractivity contribution in [2.45, 2.75) is 38.8 Å². The lowest BCUT2D eigenvalue weighted by Gasteiger charge is -2.33. The van der Waals surface area contributed by atoms with Crippen LogP contribution in [0.4, 0.5) is 4.39 Å². The maximum atomic E-state index is 13.8. The average Bonchev–Trinajstić information content (AvgIpc) is 2.56. The molecule has 1 aliphatic heterocycles. The highest BCUT2D eigenvalue weighted by Gasteiger charge is 2.31. The van der Waals surface area contributed by atoms with Crippen LogP contribution in [0.5, 0.6) is 0 Å². The summed E-state index contributed by atoms with van der Waals surface area (Å²) in [4.78, 5) is 26.0. The summed E-state index contributed by atoms with van der Waals surface area (Å²) in [7, 11) is 1.60. The Balaban J connectivity index is 1.96. The van der Waals surface area contributed by atoms with Gasteiger partial charge in [0.2, 0.25) is 11.8 Å². The number of nitrogens with one attached hydrogen (secondary N) is 1. The lowest BCUT2D eigenvalue weighted by molar-refractivity contribution is -0.139. The van der Waals surface area contributed by atoms with Crippen LogP contribution in [-0.2, 0) is 20.9 Å². The number of methoxy groups -OCH3 is 1. The fourth-order valence-corrected chi connectivity index (χ4v) is 2.63. The molecule has 1 aromatic carbocycles. The van der Waals surface area contributed by atoms with Crippen molar-refractivity contribution in [1.82, 2.24) is 10.2 Å². The predicted octanol–water partition coefficient (Wildman–Crippen LogP) is 2.11. The average molecular weight is 336 g/mol. The van der Waals surface area contributed by atoms with Crippen LogP contribution in [0.1, 0.15) is 32.3 Å². The molecule has 1 aliphatic rings. The molecule has 0 unspecified atom stereocenters. The van der Waals surface area contributed by atoms with E-state index in [0.717, 1.165) is 0 Å². The van der Waals surface area contributed by atoms with Gasteiger partial charge in [-0.05, 0) is 26.3 Å². The third-order valence-corrected chi connectivity index (χ3v) is 4.43.